The molecule has 6 N–H and O–H groups in total. The second-order valence-corrected chi connectivity index (χ2v) is 25.3. The van der Waals surface area contributed by atoms with Crippen LogP contribution in [-0.2, 0) is 23.8 Å². The van der Waals surface area contributed by atoms with Gasteiger partial charge < -0.3 is 45.1 Å². The summed E-state index contributed by atoms with van der Waals surface area (Å²) in [6, 6.07) is -0.825. The number of carbonyl (C=O) groups excluding carboxylic acids is 2. The van der Waals surface area contributed by atoms with Crippen LogP contribution in [-0.4, -0.2) is 100 Å². The third-order valence-corrected chi connectivity index (χ3v) is 17.2. The SMILES string of the molecule is CCCCC/C=C/CC/C=C/C(O)C(COC1OC(CO)C(O)C(O)C1O)NC(=O)CCCCCCCCCCCCCCCC/C=C\CCCCCCCCCCCCCCOC(=O)CCCCCCCCCCCCCCCCCCC. The van der Waals surface area contributed by atoms with Gasteiger partial charge in [0.15, 0.2) is 6.29 Å². The minimum absolute atomic E-state index is 0.0129. The van der Waals surface area contributed by atoms with Gasteiger partial charge in [-0.15, -0.1) is 0 Å². The Morgan fingerprint density at radius 2 is 0.774 bits per heavy atom. The zero-order valence-corrected chi connectivity index (χ0v) is 54.9. The predicted molar refractivity (Wildman–Crippen MR) is 352 cm³/mol. The van der Waals surface area contributed by atoms with Crippen molar-refractivity contribution in [3.63, 3.8) is 0 Å². The molecule has 1 amide bonds. The van der Waals surface area contributed by atoms with Gasteiger partial charge in [-0.25, -0.2) is 0 Å². The van der Waals surface area contributed by atoms with Gasteiger partial charge in [0.1, 0.15) is 24.4 Å². The van der Waals surface area contributed by atoms with Gasteiger partial charge in [0, 0.05) is 12.8 Å². The molecule has 11 heteroatoms. The lowest BCUT2D eigenvalue weighted by Crippen LogP contribution is -2.60. The van der Waals surface area contributed by atoms with Crippen LogP contribution in [0.4, 0.5) is 0 Å². The Labute approximate surface area is 517 Å². The molecule has 1 aliphatic heterocycles. The maximum atomic E-state index is 13.0. The number of hydrogen-bond donors (Lipinski definition) is 6. The van der Waals surface area contributed by atoms with Crippen LogP contribution in [0, 0.1) is 0 Å². The first kappa shape index (κ1) is 79.9. The van der Waals surface area contributed by atoms with Gasteiger partial charge in [0.2, 0.25) is 5.91 Å². The minimum Gasteiger partial charge on any atom is -0.466 e. The number of hydrogen-bond acceptors (Lipinski definition) is 10. The smallest absolute Gasteiger partial charge is 0.305 e. The van der Waals surface area contributed by atoms with Gasteiger partial charge >= 0.3 is 5.97 Å². The van der Waals surface area contributed by atoms with Gasteiger partial charge in [-0.3, -0.25) is 9.59 Å². The highest BCUT2D eigenvalue weighted by molar-refractivity contribution is 5.76. The first-order valence-electron chi connectivity index (χ1n) is 36.3. The number of aliphatic hydroxyl groups excluding tert-OH is 5. The van der Waals surface area contributed by atoms with Crippen LogP contribution in [0.25, 0.3) is 0 Å². The highest BCUT2D eigenvalue weighted by Crippen LogP contribution is 2.23. The molecule has 0 aliphatic carbocycles. The number of rotatable bonds is 64. The summed E-state index contributed by atoms with van der Waals surface area (Å²) in [4.78, 5) is 25.1. The lowest BCUT2D eigenvalue weighted by molar-refractivity contribution is -0.302. The number of ether oxygens (including phenoxy) is 3. The van der Waals surface area contributed by atoms with Crippen LogP contribution in [0.2, 0.25) is 0 Å². The standard InChI is InChI=1S/C73H137NO10/c1-3-5-7-9-11-13-14-15-16-31-35-38-41-45-49-53-57-61-69(78)82-62-58-54-50-46-42-39-36-33-30-28-26-24-22-20-18-17-19-21-23-25-27-29-32-34-37-40-44-48-52-56-60-68(77)74-65(66(76)59-55-51-47-43-12-10-8-6-4-2)64-83-73-72(81)71(80)70(79)67(63-75)84-73/h12,18,20,43,55,59,65-67,70-73,75-76,79-81H,3-11,13-17,19,21-42,44-54,56-58,60-64H2,1-2H3,(H,74,77)/b20-18-,43-12+,59-55+. The number of allylic oxidation sites excluding steroid dienone is 5. The van der Waals surface area contributed by atoms with E-state index in [1.807, 2.05) is 6.08 Å². The first-order valence-corrected chi connectivity index (χ1v) is 36.3. The van der Waals surface area contributed by atoms with Crippen molar-refractivity contribution < 1.29 is 49.3 Å². The number of amides is 1. The lowest BCUT2D eigenvalue weighted by Gasteiger charge is -2.40. The average molecular weight is 1190 g/mol. The Morgan fingerprint density at radius 3 is 1.20 bits per heavy atom. The van der Waals surface area contributed by atoms with Crippen LogP contribution in [0.3, 0.4) is 0 Å². The van der Waals surface area contributed by atoms with Crippen molar-refractivity contribution in [2.24, 2.45) is 0 Å². The van der Waals surface area contributed by atoms with E-state index < -0.39 is 49.5 Å². The molecule has 1 heterocycles. The maximum absolute atomic E-state index is 13.0. The molecule has 0 radical (unpaired) electrons. The largest absolute Gasteiger partial charge is 0.466 e. The summed E-state index contributed by atoms with van der Waals surface area (Å²) in [7, 11) is 0. The molecule has 7 unspecified atom stereocenters. The number of aliphatic hydroxyl groups is 5. The molecular formula is C73H137NO10. The van der Waals surface area contributed by atoms with Crippen LogP contribution < -0.4 is 5.32 Å². The zero-order valence-electron chi connectivity index (χ0n) is 54.9. The molecule has 494 valence electrons. The highest BCUT2D eigenvalue weighted by atomic mass is 16.7. The van der Waals surface area contributed by atoms with Crippen molar-refractivity contribution in [3.05, 3.63) is 36.5 Å². The van der Waals surface area contributed by atoms with Crippen molar-refractivity contribution >= 4 is 11.9 Å². The third kappa shape index (κ3) is 50.8. The van der Waals surface area contributed by atoms with E-state index in [-0.39, 0.29) is 18.5 Å². The highest BCUT2D eigenvalue weighted by Gasteiger charge is 2.44. The summed E-state index contributed by atoms with van der Waals surface area (Å²) in [6.07, 6.45) is 70.3. The number of unbranched alkanes of at least 4 members (excludes halogenated alkanes) is 46. The van der Waals surface area contributed by atoms with Crippen LogP contribution in [0.1, 0.15) is 354 Å². The normalized spacial score (nSPS) is 18.2. The maximum Gasteiger partial charge on any atom is 0.305 e. The van der Waals surface area contributed by atoms with E-state index in [1.54, 1.807) is 6.08 Å². The van der Waals surface area contributed by atoms with Crippen molar-refractivity contribution in [1.29, 1.82) is 0 Å². The molecule has 84 heavy (non-hydrogen) atoms. The van der Waals surface area contributed by atoms with Gasteiger partial charge in [0.25, 0.3) is 0 Å². The molecule has 0 aromatic heterocycles. The van der Waals surface area contributed by atoms with E-state index in [1.165, 1.54) is 276 Å². The molecule has 1 rings (SSSR count). The predicted octanol–water partition coefficient (Wildman–Crippen LogP) is 18.6. The van der Waals surface area contributed by atoms with E-state index >= 15 is 0 Å². The number of esters is 1. The van der Waals surface area contributed by atoms with E-state index in [2.05, 4.69) is 43.5 Å². The molecule has 1 aliphatic rings. The molecule has 0 saturated carbocycles. The average Bonchev–Trinajstić information content (AvgIpc) is 3.60. The Balaban J connectivity index is 1.90. The fourth-order valence-electron chi connectivity index (χ4n) is 11.5. The topological polar surface area (TPSA) is 175 Å². The Hall–Kier alpha value is -2.12. The third-order valence-electron chi connectivity index (χ3n) is 17.2. The molecule has 0 aromatic carbocycles. The molecule has 11 nitrogen and oxygen atoms in total. The van der Waals surface area contributed by atoms with Crippen molar-refractivity contribution in [3.8, 4) is 0 Å². The quantitative estimate of drug-likeness (QED) is 0.0195. The van der Waals surface area contributed by atoms with E-state index in [4.69, 9.17) is 14.2 Å². The number of carbonyl (C=O) groups is 2. The van der Waals surface area contributed by atoms with E-state index in [0.29, 0.717) is 19.4 Å². The molecule has 7 atom stereocenters. The Morgan fingerprint density at radius 1 is 0.429 bits per heavy atom. The summed E-state index contributed by atoms with van der Waals surface area (Å²) >= 11 is 0. The summed E-state index contributed by atoms with van der Waals surface area (Å²) in [6.45, 7) is 4.31. The van der Waals surface area contributed by atoms with Crippen LogP contribution >= 0.6 is 0 Å². The van der Waals surface area contributed by atoms with Crippen LogP contribution in [0.5, 0.6) is 0 Å². The lowest BCUT2D eigenvalue weighted by atomic mass is 9.99. The molecule has 1 saturated heterocycles. The molecule has 1 fully saturated rings. The summed E-state index contributed by atoms with van der Waals surface area (Å²) in [5, 5.41) is 54.2. The fraction of sp³-hybridized carbons (Fsp3) is 0.890. The summed E-state index contributed by atoms with van der Waals surface area (Å²) in [5.74, 6) is -0.179. The van der Waals surface area contributed by atoms with Crippen molar-refractivity contribution in [1.82, 2.24) is 5.32 Å². The van der Waals surface area contributed by atoms with Gasteiger partial charge in [0.05, 0.1) is 32.0 Å². The monoisotopic (exact) mass is 1190 g/mol. The Bertz CT molecular complexity index is 1490. The van der Waals surface area contributed by atoms with E-state index in [0.717, 1.165) is 51.4 Å². The second kappa shape index (κ2) is 62.5. The molecule has 0 aromatic rings. The van der Waals surface area contributed by atoms with Crippen molar-refractivity contribution in [2.45, 2.75) is 397 Å². The molecular weight excluding hydrogens is 1050 g/mol. The van der Waals surface area contributed by atoms with Gasteiger partial charge in [-0.1, -0.05) is 307 Å². The Kier molecular flexibility index (Phi) is 59.4. The van der Waals surface area contributed by atoms with Gasteiger partial charge in [-0.2, -0.15) is 0 Å². The van der Waals surface area contributed by atoms with Gasteiger partial charge in [-0.05, 0) is 70.6 Å². The van der Waals surface area contributed by atoms with E-state index in [9.17, 15) is 35.1 Å². The summed E-state index contributed by atoms with van der Waals surface area (Å²) in [5.41, 5.74) is 0. The second-order valence-electron chi connectivity index (χ2n) is 25.3. The minimum atomic E-state index is -1.57. The molecule has 0 bridgehead atoms. The molecule has 0 spiro atoms. The fourth-order valence-corrected chi connectivity index (χ4v) is 11.5. The first-order chi connectivity index (χ1) is 41.2. The summed E-state index contributed by atoms with van der Waals surface area (Å²) < 4.78 is 16.7. The zero-order chi connectivity index (χ0) is 60.9. The number of nitrogens with one attached hydrogen (secondary N) is 1. The van der Waals surface area contributed by atoms with Crippen LogP contribution in [0.15, 0.2) is 36.5 Å². The van der Waals surface area contributed by atoms with Crippen molar-refractivity contribution in [2.75, 3.05) is 19.8 Å².